The number of rotatable bonds is 7. The predicted octanol–water partition coefficient (Wildman–Crippen LogP) is 3.50. The molecular formula is C26H28N4O3. The number of hydrogen-bond donors (Lipinski definition) is 1. The molecule has 7 nitrogen and oxygen atoms in total. The number of nitrogens with one attached hydrogen (secondary N) is 1. The average molecular weight is 445 g/mol. The zero-order valence-corrected chi connectivity index (χ0v) is 18.7. The molecule has 3 aromatic rings. The molecule has 7 heteroatoms. The van der Waals surface area contributed by atoms with Crippen LogP contribution < -0.4 is 10.1 Å². The topological polar surface area (TPSA) is 84.4 Å². The third kappa shape index (κ3) is 5.94. The highest BCUT2D eigenvalue weighted by Gasteiger charge is 2.27. The Morgan fingerprint density at radius 2 is 1.82 bits per heavy atom. The number of benzene rings is 2. The van der Waals surface area contributed by atoms with Gasteiger partial charge in [-0.15, -0.1) is 0 Å². The monoisotopic (exact) mass is 444 g/mol. The number of likely N-dealkylation sites (tertiary alicyclic amines) is 1. The maximum atomic E-state index is 12.7. The van der Waals surface area contributed by atoms with Crippen molar-refractivity contribution < 1.29 is 14.3 Å². The number of carbonyl (C=O) groups excluding carboxylic acids is 2. The summed E-state index contributed by atoms with van der Waals surface area (Å²) in [6.07, 6.45) is 3.38. The summed E-state index contributed by atoms with van der Waals surface area (Å²) < 4.78 is 5.61. The van der Waals surface area contributed by atoms with Crippen LogP contribution in [-0.2, 0) is 11.3 Å². The lowest BCUT2D eigenvalue weighted by Gasteiger charge is -2.32. The van der Waals surface area contributed by atoms with Crippen LogP contribution >= 0.6 is 0 Å². The highest BCUT2D eigenvalue weighted by Crippen LogP contribution is 2.25. The van der Waals surface area contributed by atoms with E-state index < -0.39 is 0 Å². The first-order chi connectivity index (χ1) is 16.1. The Bertz CT molecular complexity index is 1090. The number of aryl methyl sites for hydroxylation is 1. The lowest BCUT2D eigenvalue weighted by atomic mass is 9.97. The Balaban J connectivity index is 1.34. The standard InChI is InChI=1S/C26H28N4O3/c1-19-23(26(32)28-15-20-9-4-2-5-10-20)16-27-25(29-19)21-11-8-14-30(17-21)24(31)18-33-22-12-6-3-7-13-22/h2-7,9-10,12-13,16,21H,8,11,14-15,17-18H2,1H3,(H,28,32). The first kappa shape index (κ1) is 22.5. The van der Waals surface area contributed by atoms with Crippen LogP contribution in [0.3, 0.4) is 0 Å². The second-order valence-corrected chi connectivity index (χ2v) is 8.18. The van der Waals surface area contributed by atoms with Gasteiger partial charge in [0.05, 0.1) is 11.3 Å². The van der Waals surface area contributed by atoms with Crippen LogP contribution in [0.4, 0.5) is 0 Å². The number of hydrogen-bond acceptors (Lipinski definition) is 5. The Labute approximate surface area is 193 Å². The van der Waals surface area contributed by atoms with Gasteiger partial charge in [-0.25, -0.2) is 9.97 Å². The minimum Gasteiger partial charge on any atom is -0.484 e. The summed E-state index contributed by atoms with van der Waals surface area (Å²) in [4.78, 5) is 36.2. The lowest BCUT2D eigenvalue weighted by Crippen LogP contribution is -2.42. The Kier molecular flexibility index (Phi) is 7.29. The summed E-state index contributed by atoms with van der Waals surface area (Å²) in [7, 11) is 0. The molecule has 0 aliphatic carbocycles. The summed E-state index contributed by atoms with van der Waals surface area (Å²) in [5, 5.41) is 2.92. The molecule has 1 N–H and O–H groups in total. The average Bonchev–Trinajstić information content (AvgIpc) is 2.87. The SMILES string of the molecule is Cc1nc(C2CCCN(C(=O)COc3ccccc3)C2)ncc1C(=O)NCc1ccccc1. The molecule has 0 radical (unpaired) electrons. The molecule has 1 unspecified atom stereocenters. The van der Waals surface area contributed by atoms with E-state index >= 15 is 0 Å². The van der Waals surface area contributed by atoms with Gasteiger partial charge in [0.2, 0.25) is 0 Å². The third-order valence-corrected chi connectivity index (χ3v) is 5.78. The smallest absolute Gasteiger partial charge is 0.260 e. The van der Waals surface area contributed by atoms with E-state index in [-0.39, 0.29) is 24.3 Å². The molecule has 0 saturated carbocycles. The fourth-order valence-corrected chi connectivity index (χ4v) is 3.95. The third-order valence-electron chi connectivity index (χ3n) is 5.78. The molecule has 0 spiro atoms. The molecule has 170 valence electrons. The normalized spacial score (nSPS) is 15.7. The summed E-state index contributed by atoms with van der Waals surface area (Å²) in [5.41, 5.74) is 2.14. The lowest BCUT2D eigenvalue weighted by molar-refractivity contribution is -0.134. The summed E-state index contributed by atoms with van der Waals surface area (Å²) in [6.45, 7) is 3.53. The van der Waals surface area contributed by atoms with Gasteiger partial charge >= 0.3 is 0 Å². The molecule has 0 bridgehead atoms. The van der Waals surface area contributed by atoms with Crippen molar-refractivity contribution in [3.05, 3.63) is 89.5 Å². The van der Waals surface area contributed by atoms with E-state index in [0.717, 1.165) is 18.4 Å². The fourth-order valence-electron chi connectivity index (χ4n) is 3.95. The van der Waals surface area contributed by atoms with Crippen molar-refractivity contribution in [1.29, 1.82) is 0 Å². The van der Waals surface area contributed by atoms with Crippen molar-refractivity contribution in [2.45, 2.75) is 32.2 Å². The highest BCUT2D eigenvalue weighted by molar-refractivity contribution is 5.94. The van der Waals surface area contributed by atoms with E-state index in [1.807, 2.05) is 72.5 Å². The van der Waals surface area contributed by atoms with Crippen LogP contribution in [0.25, 0.3) is 0 Å². The molecule has 2 amide bonds. The zero-order chi connectivity index (χ0) is 23.0. The van der Waals surface area contributed by atoms with Crippen molar-refractivity contribution in [1.82, 2.24) is 20.2 Å². The van der Waals surface area contributed by atoms with Gasteiger partial charge in [-0.2, -0.15) is 0 Å². The van der Waals surface area contributed by atoms with Gasteiger partial charge in [-0.1, -0.05) is 48.5 Å². The fraction of sp³-hybridized carbons (Fsp3) is 0.308. The first-order valence-corrected chi connectivity index (χ1v) is 11.2. The molecule has 2 aromatic carbocycles. The van der Waals surface area contributed by atoms with Crippen molar-refractivity contribution in [2.24, 2.45) is 0 Å². The van der Waals surface area contributed by atoms with E-state index in [1.165, 1.54) is 0 Å². The molecule has 1 aromatic heterocycles. The van der Waals surface area contributed by atoms with Crippen LogP contribution in [0.2, 0.25) is 0 Å². The summed E-state index contributed by atoms with van der Waals surface area (Å²) in [5.74, 6) is 1.16. The molecule has 2 heterocycles. The number of ether oxygens (including phenoxy) is 1. The largest absolute Gasteiger partial charge is 0.484 e. The quantitative estimate of drug-likeness (QED) is 0.603. The minimum absolute atomic E-state index is 0.0111. The van der Waals surface area contributed by atoms with Gasteiger partial charge in [0.15, 0.2) is 6.61 Å². The van der Waals surface area contributed by atoms with Crippen LogP contribution in [0.5, 0.6) is 5.75 Å². The number of piperidine rings is 1. The molecule has 4 rings (SSSR count). The number of nitrogens with zero attached hydrogens (tertiary/aromatic N) is 3. The molecule has 1 aliphatic rings. The number of aromatic nitrogens is 2. The van der Waals surface area contributed by atoms with Crippen LogP contribution in [0.1, 0.15) is 46.2 Å². The minimum atomic E-state index is -0.193. The van der Waals surface area contributed by atoms with Crippen molar-refractivity contribution in [3.63, 3.8) is 0 Å². The van der Waals surface area contributed by atoms with E-state index in [9.17, 15) is 9.59 Å². The van der Waals surface area contributed by atoms with Gasteiger partial charge in [0, 0.05) is 31.7 Å². The molecule has 1 aliphatic heterocycles. The maximum absolute atomic E-state index is 12.7. The van der Waals surface area contributed by atoms with E-state index in [1.54, 1.807) is 6.20 Å². The molecule has 1 atom stereocenters. The molecule has 1 fully saturated rings. The second kappa shape index (κ2) is 10.7. The van der Waals surface area contributed by atoms with E-state index in [0.29, 0.717) is 42.5 Å². The van der Waals surface area contributed by atoms with Crippen molar-refractivity contribution in [2.75, 3.05) is 19.7 Å². The van der Waals surface area contributed by atoms with Crippen molar-refractivity contribution in [3.8, 4) is 5.75 Å². The number of carbonyl (C=O) groups is 2. The highest BCUT2D eigenvalue weighted by atomic mass is 16.5. The zero-order valence-electron chi connectivity index (χ0n) is 18.7. The van der Waals surface area contributed by atoms with Crippen LogP contribution in [-0.4, -0.2) is 46.4 Å². The van der Waals surface area contributed by atoms with Gasteiger partial charge in [-0.05, 0) is 37.5 Å². The predicted molar refractivity (Wildman–Crippen MR) is 125 cm³/mol. The Hall–Kier alpha value is -3.74. The number of amides is 2. The van der Waals surface area contributed by atoms with Gasteiger partial charge in [0.1, 0.15) is 11.6 Å². The maximum Gasteiger partial charge on any atom is 0.260 e. The van der Waals surface area contributed by atoms with Gasteiger partial charge in [0.25, 0.3) is 11.8 Å². The van der Waals surface area contributed by atoms with Crippen molar-refractivity contribution >= 4 is 11.8 Å². The van der Waals surface area contributed by atoms with Crippen LogP contribution in [0, 0.1) is 6.92 Å². The first-order valence-electron chi connectivity index (χ1n) is 11.2. The summed E-state index contributed by atoms with van der Waals surface area (Å²) in [6, 6.07) is 19.1. The Morgan fingerprint density at radius 3 is 2.55 bits per heavy atom. The van der Waals surface area contributed by atoms with Gasteiger partial charge in [-0.3, -0.25) is 9.59 Å². The van der Waals surface area contributed by atoms with Crippen LogP contribution in [0.15, 0.2) is 66.9 Å². The second-order valence-electron chi connectivity index (χ2n) is 8.18. The van der Waals surface area contributed by atoms with E-state index in [4.69, 9.17) is 4.74 Å². The molecule has 1 saturated heterocycles. The molecule has 33 heavy (non-hydrogen) atoms. The van der Waals surface area contributed by atoms with Gasteiger partial charge < -0.3 is 15.0 Å². The molecular weight excluding hydrogens is 416 g/mol. The van der Waals surface area contributed by atoms with E-state index in [2.05, 4.69) is 15.3 Å². The Morgan fingerprint density at radius 1 is 1.09 bits per heavy atom. The number of para-hydroxylation sites is 1. The summed E-state index contributed by atoms with van der Waals surface area (Å²) >= 11 is 0.